The third-order valence-electron chi connectivity index (χ3n) is 2.55. The number of methoxy groups -OCH3 is 1. The molecular formula is C10H17NO5. The van der Waals surface area contributed by atoms with Gasteiger partial charge in [0.1, 0.15) is 6.61 Å². The maximum absolute atomic E-state index is 11.5. The molecule has 1 rings (SSSR count). The molecular weight excluding hydrogens is 214 g/mol. The van der Waals surface area contributed by atoms with Gasteiger partial charge in [-0.15, -0.1) is 0 Å². The number of nitrogens with zero attached hydrogens (tertiary/aromatic N) is 1. The quantitative estimate of drug-likeness (QED) is 0.628. The number of carbonyl (C=O) groups is 2. The maximum atomic E-state index is 11.5. The van der Waals surface area contributed by atoms with Crippen LogP contribution in [-0.4, -0.2) is 61.9 Å². The van der Waals surface area contributed by atoms with Gasteiger partial charge in [0.05, 0.1) is 19.1 Å². The van der Waals surface area contributed by atoms with Crippen molar-refractivity contribution in [3.8, 4) is 0 Å². The minimum Gasteiger partial charge on any atom is -0.481 e. The Kier molecular flexibility index (Phi) is 5.21. The Hall–Kier alpha value is -1.14. The van der Waals surface area contributed by atoms with E-state index in [1.165, 1.54) is 4.90 Å². The molecule has 0 saturated carbocycles. The van der Waals surface area contributed by atoms with Gasteiger partial charge in [-0.1, -0.05) is 0 Å². The van der Waals surface area contributed by atoms with Crippen LogP contribution in [0.2, 0.25) is 0 Å². The zero-order valence-corrected chi connectivity index (χ0v) is 9.35. The second-order valence-corrected chi connectivity index (χ2v) is 3.71. The summed E-state index contributed by atoms with van der Waals surface area (Å²) in [4.78, 5) is 23.8. The summed E-state index contributed by atoms with van der Waals surface area (Å²) in [5, 5.41) is 8.77. The molecule has 1 amide bonds. The molecule has 1 unspecified atom stereocenters. The van der Waals surface area contributed by atoms with E-state index < -0.39 is 11.9 Å². The van der Waals surface area contributed by atoms with Crippen LogP contribution < -0.4 is 0 Å². The van der Waals surface area contributed by atoms with Crippen molar-refractivity contribution in [3.63, 3.8) is 0 Å². The van der Waals surface area contributed by atoms with E-state index in [4.69, 9.17) is 14.6 Å². The molecule has 0 aromatic heterocycles. The van der Waals surface area contributed by atoms with Crippen LogP contribution in [0.3, 0.4) is 0 Å². The molecule has 0 aliphatic carbocycles. The van der Waals surface area contributed by atoms with E-state index in [0.29, 0.717) is 32.7 Å². The Bertz CT molecular complexity index is 256. The number of aliphatic carboxylic acids is 1. The van der Waals surface area contributed by atoms with Gasteiger partial charge in [0.2, 0.25) is 5.91 Å². The molecule has 6 nitrogen and oxygen atoms in total. The van der Waals surface area contributed by atoms with E-state index in [9.17, 15) is 9.59 Å². The summed E-state index contributed by atoms with van der Waals surface area (Å²) in [6.45, 7) is 1.62. The Labute approximate surface area is 94.1 Å². The minimum atomic E-state index is -0.837. The van der Waals surface area contributed by atoms with Crippen molar-refractivity contribution in [2.24, 2.45) is 5.92 Å². The molecule has 6 heteroatoms. The summed E-state index contributed by atoms with van der Waals surface area (Å²) in [6, 6.07) is 0. The lowest BCUT2D eigenvalue weighted by Gasteiger charge is -2.15. The zero-order chi connectivity index (χ0) is 12.0. The average molecular weight is 231 g/mol. The molecule has 1 fully saturated rings. The highest BCUT2D eigenvalue weighted by Crippen LogP contribution is 2.16. The predicted octanol–water partition coefficient (Wildman–Crippen LogP) is -0.417. The zero-order valence-electron chi connectivity index (χ0n) is 9.35. The summed E-state index contributed by atoms with van der Waals surface area (Å²) >= 11 is 0. The van der Waals surface area contributed by atoms with Gasteiger partial charge in [0.25, 0.3) is 0 Å². The third kappa shape index (κ3) is 3.79. The lowest BCUT2D eigenvalue weighted by molar-refractivity contribution is -0.141. The lowest BCUT2D eigenvalue weighted by atomic mass is 10.1. The number of carboxylic acids is 1. The number of carbonyl (C=O) groups excluding carboxylic acids is 1. The number of carboxylic acid groups (broad SMARTS) is 1. The van der Waals surface area contributed by atoms with Gasteiger partial charge in [0.15, 0.2) is 0 Å². The van der Waals surface area contributed by atoms with E-state index in [1.54, 1.807) is 7.11 Å². The number of hydrogen-bond acceptors (Lipinski definition) is 4. The van der Waals surface area contributed by atoms with Gasteiger partial charge in [-0.25, -0.2) is 0 Å². The summed E-state index contributed by atoms with van der Waals surface area (Å²) in [5.74, 6) is -1.42. The van der Waals surface area contributed by atoms with Crippen LogP contribution in [0.5, 0.6) is 0 Å². The van der Waals surface area contributed by atoms with E-state index >= 15 is 0 Å². The van der Waals surface area contributed by atoms with Crippen LogP contribution in [0.1, 0.15) is 6.42 Å². The second kappa shape index (κ2) is 6.44. The molecule has 92 valence electrons. The van der Waals surface area contributed by atoms with Crippen LogP contribution in [-0.2, 0) is 19.1 Å². The molecule has 0 bridgehead atoms. The van der Waals surface area contributed by atoms with Crippen molar-refractivity contribution < 1.29 is 24.2 Å². The molecule has 0 radical (unpaired) electrons. The Morgan fingerprint density at radius 1 is 1.44 bits per heavy atom. The molecule has 1 aliphatic heterocycles. The highest BCUT2D eigenvalue weighted by atomic mass is 16.5. The number of rotatable bonds is 6. The molecule has 1 aliphatic rings. The molecule has 1 heterocycles. The molecule has 1 N–H and O–H groups in total. The van der Waals surface area contributed by atoms with Gasteiger partial charge >= 0.3 is 5.97 Å². The van der Waals surface area contributed by atoms with Crippen LogP contribution in [0, 0.1) is 5.92 Å². The topological polar surface area (TPSA) is 76.1 Å². The first-order valence-corrected chi connectivity index (χ1v) is 5.22. The molecule has 0 spiro atoms. The normalized spacial score (nSPS) is 20.1. The van der Waals surface area contributed by atoms with E-state index in [2.05, 4.69) is 0 Å². The summed E-state index contributed by atoms with van der Waals surface area (Å²) in [6.07, 6.45) is 0.527. The standard InChI is InChI=1S/C10H17NO5/c1-15-4-5-16-7-9(12)11-3-2-8(6-11)10(13)14/h8H,2-7H2,1H3,(H,13,14). The molecule has 1 saturated heterocycles. The van der Waals surface area contributed by atoms with Crippen LogP contribution in [0.4, 0.5) is 0 Å². The Morgan fingerprint density at radius 2 is 2.19 bits per heavy atom. The monoisotopic (exact) mass is 231 g/mol. The minimum absolute atomic E-state index is 0.00427. The second-order valence-electron chi connectivity index (χ2n) is 3.71. The van der Waals surface area contributed by atoms with Crippen LogP contribution in [0.15, 0.2) is 0 Å². The van der Waals surface area contributed by atoms with Crippen LogP contribution in [0.25, 0.3) is 0 Å². The fraction of sp³-hybridized carbons (Fsp3) is 0.800. The first-order valence-electron chi connectivity index (χ1n) is 5.22. The van der Waals surface area contributed by atoms with Gasteiger partial charge in [0, 0.05) is 20.2 Å². The highest BCUT2D eigenvalue weighted by Gasteiger charge is 2.30. The SMILES string of the molecule is COCCOCC(=O)N1CCC(C(=O)O)C1. The molecule has 0 aromatic rings. The van der Waals surface area contributed by atoms with Crippen LogP contribution >= 0.6 is 0 Å². The number of ether oxygens (including phenoxy) is 2. The van der Waals surface area contributed by atoms with Gasteiger partial charge in [-0.05, 0) is 6.42 Å². The van der Waals surface area contributed by atoms with Crippen molar-refractivity contribution in [1.29, 1.82) is 0 Å². The van der Waals surface area contributed by atoms with Crippen molar-refractivity contribution in [2.75, 3.05) is 40.0 Å². The van der Waals surface area contributed by atoms with Crippen molar-refractivity contribution >= 4 is 11.9 Å². The lowest BCUT2D eigenvalue weighted by Crippen LogP contribution is -2.33. The smallest absolute Gasteiger partial charge is 0.308 e. The van der Waals surface area contributed by atoms with Crippen molar-refractivity contribution in [3.05, 3.63) is 0 Å². The fourth-order valence-electron chi connectivity index (χ4n) is 1.58. The van der Waals surface area contributed by atoms with E-state index in [0.717, 1.165) is 0 Å². The third-order valence-corrected chi connectivity index (χ3v) is 2.55. The van der Waals surface area contributed by atoms with Gasteiger partial charge < -0.3 is 19.5 Å². The van der Waals surface area contributed by atoms with Gasteiger partial charge in [-0.3, -0.25) is 9.59 Å². The number of likely N-dealkylation sites (tertiary alicyclic amines) is 1. The van der Waals surface area contributed by atoms with E-state index in [1.807, 2.05) is 0 Å². The van der Waals surface area contributed by atoms with Gasteiger partial charge in [-0.2, -0.15) is 0 Å². The average Bonchev–Trinajstić information content (AvgIpc) is 2.73. The Balaban J connectivity index is 2.20. The van der Waals surface area contributed by atoms with Crippen molar-refractivity contribution in [1.82, 2.24) is 4.90 Å². The predicted molar refractivity (Wildman–Crippen MR) is 55.0 cm³/mol. The highest BCUT2D eigenvalue weighted by molar-refractivity contribution is 5.79. The Morgan fingerprint density at radius 3 is 2.75 bits per heavy atom. The number of amides is 1. The maximum Gasteiger partial charge on any atom is 0.308 e. The van der Waals surface area contributed by atoms with Crippen molar-refractivity contribution in [2.45, 2.75) is 6.42 Å². The molecule has 16 heavy (non-hydrogen) atoms. The summed E-state index contributed by atoms with van der Waals surface area (Å²) in [5.41, 5.74) is 0. The summed E-state index contributed by atoms with van der Waals surface area (Å²) < 4.78 is 9.85. The first kappa shape index (κ1) is 12.9. The largest absolute Gasteiger partial charge is 0.481 e. The molecule has 1 atom stereocenters. The fourth-order valence-corrected chi connectivity index (χ4v) is 1.58. The number of hydrogen-bond donors (Lipinski definition) is 1. The summed E-state index contributed by atoms with van der Waals surface area (Å²) in [7, 11) is 1.56. The van der Waals surface area contributed by atoms with E-state index in [-0.39, 0.29) is 12.5 Å². The molecule has 0 aromatic carbocycles. The first-order chi connectivity index (χ1) is 7.65.